The molecule has 6 heteroatoms. The van der Waals surface area contributed by atoms with Crippen molar-refractivity contribution < 1.29 is 9.59 Å². The molecule has 0 saturated heterocycles. The molecular weight excluding hydrogens is 314 g/mol. The lowest BCUT2D eigenvalue weighted by molar-refractivity contribution is -0.119. The molecule has 0 unspecified atom stereocenters. The maximum Gasteiger partial charge on any atom is 0.239 e. The average Bonchev–Trinajstić information content (AvgIpc) is 2.53. The quantitative estimate of drug-likeness (QED) is 0.762. The number of amides is 2. The van der Waals surface area contributed by atoms with E-state index in [1.165, 1.54) is 6.92 Å². The van der Waals surface area contributed by atoms with Gasteiger partial charge in [-0.05, 0) is 35.9 Å². The lowest BCUT2D eigenvalue weighted by Crippen LogP contribution is -2.29. The number of rotatable bonds is 6. The Hall–Kier alpha value is -2.53. The van der Waals surface area contributed by atoms with E-state index in [0.717, 1.165) is 11.3 Å². The molecule has 0 bridgehead atoms. The fourth-order valence-electron chi connectivity index (χ4n) is 1.96. The smallest absolute Gasteiger partial charge is 0.239 e. The molecule has 2 aromatic rings. The van der Waals surface area contributed by atoms with Crippen LogP contribution in [0.3, 0.4) is 0 Å². The van der Waals surface area contributed by atoms with Crippen LogP contribution < -0.4 is 16.0 Å². The second-order valence-corrected chi connectivity index (χ2v) is 5.39. The van der Waals surface area contributed by atoms with Crippen LogP contribution in [0.1, 0.15) is 12.5 Å². The number of halogens is 1. The van der Waals surface area contributed by atoms with Crippen molar-refractivity contribution in [3.63, 3.8) is 0 Å². The highest BCUT2D eigenvalue weighted by molar-refractivity contribution is 6.31. The number of hydrogen-bond acceptors (Lipinski definition) is 3. The van der Waals surface area contributed by atoms with Crippen LogP contribution in [0.4, 0.5) is 11.4 Å². The third-order valence-corrected chi connectivity index (χ3v) is 3.46. The van der Waals surface area contributed by atoms with E-state index in [4.69, 9.17) is 11.6 Å². The molecule has 3 N–H and O–H groups in total. The summed E-state index contributed by atoms with van der Waals surface area (Å²) in [6.07, 6.45) is 0. The summed E-state index contributed by atoms with van der Waals surface area (Å²) >= 11 is 6.03. The fraction of sp³-hybridized carbons (Fsp3) is 0.176. The summed E-state index contributed by atoms with van der Waals surface area (Å²) in [5.74, 6) is -0.250. The van der Waals surface area contributed by atoms with Crippen molar-refractivity contribution in [2.75, 3.05) is 17.2 Å². The topological polar surface area (TPSA) is 70.2 Å². The molecule has 5 nitrogen and oxygen atoms in total. The largest absolute Gasteiger partial charge is 0.376 e. The van der Waals surface area contributed by atoms with Crippen molar-refractivity contribution in [2.45, 2.75) is 13.5 Å². The van der Waals surface area contributed by atoms with Gasteiger partial charge in [-0.1, -0.05) is 29.8 Å². The summed E-state index contributed by atoms with van der Waals surface area (Å²) in [5.41, 5.74) is 2.39. The van der Waals surface area contributed by atoms with Crippen molar-refractivity contribution >= 4 is 34.8 Å². The molecule has 0 saturated carbocycles. The molecule has 0 atom stereocenters. The van der Waals surface area contributed by atoms with E-state index in [2.05, 4.69) is 16.0 Å². The van der Waals surface area contributed by atoms with Gasteiger partial charge in [-0.3, -0.25) is 9.59 Å². The Morgan fingerprint density at radius 3 is 2.30 bits per heavy atom. The van der Waals surface area contributed by atoms with Crippen LogP contribution in [0.15, 0.2) is 48.5 Å². The Kier molecular flexibility index (Phi) is 6.00. The van der Waals surface area contributed by atoms with Gasteiger partial charge >= 0.3 is 0 Å². The molecule has 2 amide bonds. The zero-order chi connectivity index (χ0) is 16.7. The van der Waals surface area contributed by atoms with E-state index in [0.29, 0.717) is 17.3 Å². The number of nitrogens with one attached hydrogen (secondary N) is 3. The molecule has 0 spiro atoms. The van der Waals surface area contributed by atoms with E-state index in [1.54, 1.807) is 30.3 Å². The number of benzene rings is 2. The van der Waals surface area contributed by atoms with Gasteiger partial charge in [0.2, 0.25) is 11.8 Å². The number of hydrogen-bond donors (Lipinski definition) is 3. The zero-order valence-electron chi connectivity index (χ0n) is 12.7. The minimum absolute atomic E-state index is 0.121. The maximum atomic E-state index is 11.8. The van der Waals surface area contributed by atoms with Gasteiger partial charge in [-0.15, -0.1) is 0 Å². The van der Waals surface area contributed by atoms with Gasteiger partial charge in [-0.2, -0.15) is 0 Å². The summed E-state index contributed by atoms with van der Waals surface area (Å²) in [6.45, 7) is 2.00. The molecular formula is C17H18ClN3O2. The third-order valence-electron chi connectivity index (χ3n) is 3.09. The monoisotopic (exact) mass is 331 g/mol. The van der Waals surface area contributed by atoms with Gasteiger partial charge < -0.3 is 16.0 Å². The van der Waals surface area contributed by atoms with Gasteiger partial charge in [0.15, 0.2) is 0 Å². The molecule has 0 aliphatic rings. The average molecular weight is 332 g/mol. The second kappa shape index (κ2) is 8.19. The first-order valence-corrected chi connectivity index (χ1v) is 7.54. The van der Waals surface area contributed by atoms with Crippen LogP contribution in [0, 0.1) is 0 Å². The predicted octanol–water partition coefficient (Wildman–Crippen LogP) is 3.03. The van der Waals surface area contributed by atoms with Crippen molar-refractivity contribution in [3.8, 4) is 0 Å². The molecule has 0 aromatic heterocycles. The van der Waals surface area contributed by atoms with Gasteiger partial charge in [0.1, 0.15) is 0 Å². The van der Waals surface area contributed by atoms with E-state index in [9.17, 15) is 9.59 Å². The van der Waals surface area contributed by atoms with Crippen LogP contribution in [0.25, 0.3) is 0 Å². The van der Waals surface area contributed by atoms with Crippen LogP contribution in [0.5, 0.6) is 0 Å². The normalized spacial score (nSPS) is 10.0. The molecule has 120 valence electrons. The first kappa shape index (κ1) is 16.8. The van der Waals surface area contributed by atoms with Crippen LogP contribution in [-0.2, 0) is 16.1 Å². The summed E-state index contributed by atoms with van der Waals surface area (Å²) in [6, 6.07) is 14.5. The molecule has 0 heterocycles. The molecule has 0 aliphatic heterocycles. The standard InChI is InChI=1S/C17H18ClN3O2/c1-12(22)21-15-8-6-14(7-9-15)19-11-17(23)20-10-13-4-2-3-5-16(13)18/h2-9,19H,10-11H2,1H3,(H,20,23)(H,21,22). The lowest BCUT2D eigenvalue weighted by Gasteiger charge is -2.09. The van der Waals surface area contributed by atoms with Crippen molar-refractivity contribution in [1.82, 2.24) is 5.32 Å². The van der Waals surface area contributed by atoms with Crippen molar-refractivity contribution in [3.05, 3.63) is 59.1 Å². The summed E-state index contributed by atoms with van der Waals surface area (Å²) in [4.78, 5) is 22.8. The fourth-order valence-corrected chi connectivity index (χ4v) is 2.16. The summed E-state index contributed by atoms with van der Waals surface area (Å²) in [5, 5.41) is 9.14. The van der Waals surface area contributed by atoms with Gasteiger partial charge in [0.05, 0.1) is 6.54 Å². The highest BCUT2D eigenvalue weighted by atomic mass is 35.5. The third kappa shape index (κ3) is 5.64. The first-order valence-electron chi connectivity index (χ1n) is 7.16. The highest BCUT2D eigenvalue weighted by Crippen LogP contribution is 2.15. The highest BCUT2D eigenvalue weighted by Gasteiger charge is 2.04. The van der Waals surface area contributed by atoms with E-state index >= 15 is 0 Å². The number of anilines is 2. The number of carbonyl (C=O) groups excluding carboxylic acids is 2. The zero-order valence-corrected chi connectivity index (χ0v) is 13.5. The van der Waals surface area contributed by atoms with Gasteiger partial charge in [0, 0.05) is 29.9 Å². The minimum atomic E-state index is -0.129. The minimum Gasteiger partial charge on any atom is -0.376 e. The van der Waals surface area contributed by atoms with Crippen LogP contribution >= 0.6 is 11.6 Å². The Morgan fingerprint density at radius 2 is 1.65 bits per heavy atom. The van der Waals surface area contributed by atoms with Crippen molar-refractivity contribution in [2.24, 2.45) is 0 Å². The van der Waals surface area contributed by atoms with Gasteiger partial charge in [0.25, 0.3) is 0 Å². The van der Waals surface area contributed by atoms with E-state index in [-0.39, 0.29) is 18.4 Å². The molecule has 0 radical (unpaired) electrons. The van der Waals surface area contributed by atoms with Crippen molar-refractivity contribution in [1.29, 1.82) is 0 Å². The predicted molar refractivity (Wildman–Crippen MR) is 92.5 cm³/mol. The summed E-state index contributed by atoms with van der Waals surface area (Å²) < 4.78 is 0. The van der Waals surface area contributed by atoms with Crippen LogP contribution in [-0.4, -0.2) is 18.4 Å². The van der Waals surface area contributed by atoms with Gasteiger partial charge in [-0.25, -0.2) is 0 Å². The Morgan fingerprint density at radius 1 is 1.00 bits per heavy atom. The lowest BCUT2D eigenvalue weighted by atomic mass is 10.2. The number of carbonyl (C=O) groups is 2. The Balaban J connectivity index is 1.78. The molecule has 0 fully saturated rings. The molecule has 2 rings (SSSR count). The molecule has 0 aliphatic carbocycles. The SMILES string of the molecule is CC(=O)Nc1ccc(NCC(=O)NCc2ccccc2Cl)cc1. The molecule has 23 heavy (non-hydrogen) atoms. The molecule has 2 aromatic carbocycles. The van der Waals surface area contributed by atoms with E-state index in [1.807, 2.05) is 18.2 Å². The second-order valence-electron chi connectivity index (χ2n) is 4.98. The van der Waals surface area contributed by atoms with Crippen LogP contribution in [0.2, 0.25) is 5.02 Å². The Bertz CT molecular complexity index is 686. The maximum absolute atomic E-state index is 11.8. The van der Waals surface area contributed by atoms with E-state index < -0.39 is 0 Å². The summed E-state index contributed by atoms with van der Waals surface area (Å²) in [7, 11) is 0. The Labute approximate surface area is 140 Å². The first-order chi connectivity index (χ1) is 11.0.